The van der Waals surface area contributed by atoms with Gasteiger partial charge in [0.1, 0.15) is 0 Å². The van der Waals surface area contributed by atoms with Gasteiger partial charge in [-0.2, -0.15) is 0 Å². The molecule has 1 aromatic rings. The third-order valence-corrected chi connectivity index (χ3v) is 0.982. The van der Waals surface area contributed by atoms with Crippen molar-refractivity contribution in [1.29, 1.82) is 0 Å². The minimum atomic E-state index is -0.0759. The van der Waals surface area contributed by atoms with Gasteiger partial charge in [-0.05, 0) is 12.1 Å². The summed E-state index contributed by atoms with van der Waals surface area (Å²) >= 11 is 0. The van der Waals surface area contributed by atoms with Gasteiger partial charge in [-0.25, -0.2) is 0 Å². The molecule has 0 aliphatic heterocycles. The van der Waals surface area contributed by atoms with Crippen molar-refractivity contribution < 1.29 is 4.79 Å². The van der Waals surface area contributed by atoms with Gasteiger partial charge in [0, 0.05) is 13.1 Å². The van der Waals surface area contributed by atoms with E-state index in [0.29, 0.717) is 0 Å². The van der Waals surface area contributed by atoms with Crippen LogP contribution in [0.5, 0.6) is 0 Å². The van der Waals surface area contributed by atoms with Crippen LogP contribution in [0.1, 0.15) is 6.92 Å². The third-order valence-electron chi connectivity index (χ3n) is 0.982. The van der Waals surface area contributed by atoms with Crippen LogP contribution in [0.2, 0.25) is 0 Å². The van der Waals surface area contributed by atoms with Crippen molar-refractivity contribution >= 4 is 11.6 Å². The molecular weight excluding hydrogens is 128 g/mol. The largest absolute Gasteiger partial charge is 0.325 e. The monoisotopic (exact) mass is 136 g/mol. The maximum absolute atomic E-state index is 10.5. The number of carbonyl (C=O) groups excluding carboxylic acids is 1. The predicted molar refractivity (Wildman–Crippen MR) is 38.5 cm³/mol. The molecule has 0 aliphatic carbocycles. The molecule has 1 rings (SSSR count). The van der Waals surface area contributed by atoms with Crippen molar-refractivity contribution in [3.63, 3.8) is 0 Å². The second kappa shape index (κ2) is 2.96. The summed E-state index contributed by atoms with van der Waals surface area (Å²) < 4.78 is 0. The second-order valence-corrected chi connectivity index (χ2v) is 1.92. The molecule has 0 aliphatic rings. The lowest BCUT2D eigenvalue weighted by molar-refractivity contribution is -0.114. The Bertz CT molecular complexity index is 220. The van der Waals surface area contributed by atoms with Gasteiger partial charge >= 0.3 is 0 Å². The summed E-state index contributed by atoms with van der Waals surface area (Å²) in [5, 5.41) is 2.60. The molecule has 0 atom stereocenters. The fourth-order valence-corrected chi connectivity index (χ4v) is 0.640. The molecule has 10 heavy (non-hydrogen) atoms. The van der Waals surface area contributed by atoms with Crippen LogP contribution < -0.4 is 5.32 Å². The van der Waals surface area contributed by atoms with Gasteiger partial charge in [0.15, 0.2) is 0 Å². The number of anilines is 1. The molecule has 0 saturated carbocycles. The van der Waals surface area contributed by atoms with Crippen molar-refractivity contribution in [1.82, 2.24) is 4.98 Å². The van der Waals surface area contributed by atoms with Crippen LogP contribution in [-0.2, 0) is 4.79 Å². The summed E-state index contributed by atoms with van der Waals surface area (Å²) in [4.78, 5) is 14.3. The molecule has 0 spiro atoms. The van der Waals surface area contributed by atoms with Crippen LogP contribution in [-0.4, -0.2) is 10.9 Å². The van der Waals surface area contributed by atoms with Crippen molar-refractivity contribution in [2.75, 3.05) is 5.32 Å². The summed E-state index contributed by atoms with van der Waals surface area (Å²) in [6, 6.07) is 3.56. The summed E-state index contributed by atoms with van der Waals surface area (Å²) in [5.41, 5.74) is 0.731. The van der Waals surface area contributed by atoms with E-state index >= 15 is 0 Å². The number of amides is 1. The molecule has 0 radical (unpaired) electrons. The van der Waals surface area contributed by atoms with Gasteiger partial charge in [-0.3, -0.25) is 9.78 Å². The molecule has 52 valence electrons. The average molecular weight is 136 g/mol. The summed E-state index contributed by atoms with van der Waals surface area (Å²) in [5.74, 6) is -0.0759. The Morgan fingerprint density at radius 3 is 3.00 bits per heavy atom. The van der Waals surface area contributed by atoms with Gasteiger partial charge in [0.25, 0.3) is 0 Å². The zero-order valence-corrected chi connectivity index (χ0v) is 5.66. The standard InChI is InChI=1S/C7H8N2O/c1-6(10)9-7-3-2-4-8-5-7/h2-5H,1H3,(H,9,10). The normalized spacial score (nSPS) is 8.90. The molecule has 0 saturated heterocycles. The zero-order chi connectivity index (χ0) is 7.40. The number of hydrogen-bond donors (Lipinski definition) is 1. The van der Waals surface area contributed by atoms with Crippen molar-refractivity contribution in [3.8, 4) is 0 Å². The van der Waals surface area contributed by atoms with Gasteiger partial charge in [0.2, 0.25) is 5.91 Å². The van der Waals surface area contributed by atoms with E-state index in [-0.39, 0.29) is 5.91 Å². The van der Waals surface area contributed by atoms with Crippen LogP contribution in [0, 0.1) is 0 Å². The van der Waals surface area contributed by atoms with E-state index in [2.05, 4.69) is 10.3 Å². The van der Waals surface area contributed by atoms with E-state index in [0.717, 1.165) is 5.69 Å². The Labute approximate surface area is 59.1 Å². The maximum atomic E-state index is 10.5. The van der Waals surface area contributed by atoms with Gasteiger partial charge in [0.05, 0.1) is 11.9 Å². The Morgan fingerprint density at radius 2 is 2.50 bits per heavy atom. The first-order valence-corrected chi connectivity index (χ1v) is 2.96. The van der Waals surface area contributed by atoms with E-state index in [1.807, 2.05) is 0 Å². The number of nitrogens with one attached hydrogen (secondary N) is 1. The highest BCUT2D eigenvalue weighted by molar-refractivity contribution is 5.88. The predicted octanol–water partition coefficient (Wildman–Crippen LogP) is 1.04. The first-order chi connectivity index (χ1) is 4.79. The Balaban J connectivity index is 2.67. The first kappa shape index (κ1) is 6.74. The summed E-state index contributed by atoms with van der Waals surface area (Å²) in [7, 11) is 0. The lowest BCUT2D eigenvalue weighted by atomic mass is 10.4. The van der Waals surface area contributed by atoms with E-state index in [1.165, 1.54) is 6.92 Å². The number of hydrogen-bond acceptors (Lipinski definition) is 2. The van der Waals surface area contributed by atoms with Crippen LogP contribution in [0.15, 0.2) is 24.5 Å². The third kappa shape index (κ3) is 1.85. The molecular formula is C7H8N2O. The minimum Gasteiger partial charge on any atom is -0.325 e. The lowest BCUT2D eigenvalue weighted by Crippen LogP contribution is -2.05. The molecule has 0 unspecified atom stereocenters. The molecule has 0 aromatic carbocycles. The molecule has 1 heterocycles. The SMILES string of the molecule is CC(=O)Nc1cccnc1. The van der Waals surface area contributed by atoms with Crippen molar-refractivity contribution in [2.45, 2.75) is 6.92 Å². The maximum Gasteiger partial charge on any atom is 0.221 e. The Morgan fingerprint density at radius 1 is 1.70 bits per heavy atom. The highest BCUT2D eigenvalue weighted by Crippen LogP contribution is 2.00. The topological polar surface area (TPSA) is 42.0 Å². The van der Waals surface area contributed by atoms with Crippen LogP contribution in [0.4, 0.5) is 5.69 Å². The summed E-state index contributed by atoms with van der Waals surface area (Å²) in [6.45, 7) is 1.47. The minimum absolute atomic E-state index is 0.0759. The number of nitrogens with zero attached hydrogens (tertiary/aromatic N) is 1. The molecule has 0 fully saturated rings. The number of pyridine rings is 1. The average Bonchev–Trinajstić information content (AvgIpc) is 1.88. The Hall–Kier alpha value is -1.38. The highest BCUT2D eigenvalue weighted by Gasteiger charge is 1.90. The van der Waals surface area contributed by atoms with Gasteiger partial charge in [-0.1, -0.05) is 0 Å². The van der Waals surface area contributed by atoms with Gasteiger partial charge < -0.3 is 5.32 Å². The van der Waals surface area contributed by atoms with Crippen LogP contribution in [0.25, 0.3) is 0 Å². The molecule has 3 nitrogen and oxygen atoms in total. The quantitative estimate of drug-likeness (QED) is 0.626. The zero-order valence-electron chi connectivity index (χ0n) is 5.66. The molecule has 1 N–H and O–H groups in total. The molecule has 1 amide bonds. The number of carbonyl (C=O) groups is 1. The molecule has 3 heteroatoms. The molecule has 1 aromatic heterocycles. The van der Waals surface area contributed by atoms with Crippen LogP contribution >= 0.6 is 0 Å². The highest BCUT2D eigenvalue weighted by atomic mass is 16.1. The van der Waals surface area contributed by atoms with E-state index < -0.39 is 0 Å². The lowest BCUT2D eigenvalue weighted by Gasteiger charge is -1.97. The van der Waals surface area contributed by atoms with Gasteiger partial charge in [-0.15, -0.1) is 0 Å². The van der Waals surface area contributed by atoms with Crippen LogP contribution in [0.3, 0.4) is 0 Å². The number of rotatable bonds is 1. The molecule has 0 bridgehead atoms. The fourth-order valence-electron chi connectivity index (χ4n) is 0.640. The number of aromatic nitrogens is 1. The first-order valence-electron chi connectivity index (χ1n) is 2.96. The smallest absolute Gasteiger partial charge is 0.221 e. The Kier molecular flexibility index (Phi) is 1.99. The van der Waals surface area contributed by atoms with E-state index in [1.54, 1.807) is 24.5 Å². The van der Waals surface area contributed by atoms with E-state index in [4.69, 9.17) is 0 Å². The fraction of sp³-hybridized carbons (Fsp3) is 0.143. The van der Waals surface area contributed by atoms with E-state index in [9.17, 15) is 4.79 Å². The van der Waals surface area contributed by atoms with Crippen molar-refractivity contribution in [2.24, 2.45) is 0 Å². The summed E-state index contributed by atoms with van der Waals surface area (Å²) in [6.07, 6.45) is 3.26. The van der Waals surface area contributed by atoms with Crippen molar-refractivity contribution in [3.05, 3.63) is 24.5 Å². The second-order valence-electron chi connectivity index (χ2n) is 1.92.